The van der Waals surface area contributed by atoms with Gasteiger partial charge in [0, 0.05) is 17.2 Å². The van der Waals surface area contributed by atoms with E-state index in [0.29, 0.717) is 6.54 Å². The van der Waals surface area contributed by atoms with E-state index < -0.39 is 0 Å². The molecule has 0 saturated carbocycles. The number of benzene rings is 1. The van der Waals surface area contributed by atoms with Crippen LogP contribution in [0.3, 0.4) is 0 Å². The summed E-state index contributed by atoms with van der Waals surface area (Å²) in [7, 11) is 0. The number of aryl methyl sites for hydroxylation is 1. The Kier molecular flexibility index (Phi) is 3.86. The highest BCUT2D eigenvalue weighted by molar-refractivity contribution is 7.98. The second-order valence-electron chi connectivity index (χ2n) is 3.75. The molecule has 1 aromatic heterocycles. The van der Waals surface area contributed by atoms with E-state index in [0.717, 1.165) is 27.5 Å². The maximum absolute atomic E-state index is 13.0. The van der Waals surface area contributed by atoms with Crippen molar-refractivity contribution < 1.29 is 8.81 Å². The summed E-state index contributed by atoms with van der Waals surface area (Å²) in [5.74, 6) is 1.44. The van der Waals surface area contributed by atoms with Gasteiger partial charge in [-0.05, 0) is 36.2 Å². The Morgan fingerprint density at radius 2 is 2.12 bits per heavy atom. The minimum atomic E-state index is -0.237. The number of halogens is 1. The standard InChI is InChI=1S/C13H14FNOS/c1-9-13(4-5-16-9)17-8-10-2-3-12(14)6-11(10)7-15/h2-6H,7-8,15H2,1H3. The van der Waals surface area contributed by atoms with Crippen LogP contribution in [-0.4, -0.2) is 0 Å². The summed E-state index contributed by atoms with van der Waals surface area (Å²) >= 11 is 1.67. The van der Waals surface area contributed by atoms with Crippen LogP contribution in [-0.2, 0) is 12.3 Å². The number of hydrogen-bond donors (Lipinski definition) is 1. The van der Waals surface area contributed by atoms with Gasteiger partial charge in [0.2, 0.25) is 0 Å². The fraction of sp³-hybridized carbons (Fsp3) is 0.231. The fourth-order valence-corrected chi connectivity index (χ4v) is 2.60. The summed E-state index contributed by atoms with van der Waals surface area (Å²) in [6.07, 6.45) is 1.67. The van der Waals surface area contributed by atoms with Crippen molar-refractivity contribution in [2.75, 3.05) is 0 Å². The van der Waals surface area contributed by atoms with Crippen molar-refractivity contribution >= 4 is 11.8 Å². The van der Waals surface area contributed by atoms with Crippen molar-refractivity contribution in [2.24, 2.45) is 5.73 Å². The highest BCUT2D eigenvalue weighted by atomic mass is 32.2. The number of rotatable bonds is 4. The number of furan rings is 1. The van der Waals surface area contributed by atoms with Crippen LogP contribution in [0.25, 0.3) is 0 Å². The molecule has 2 aromatic rings. The van der Waals surface area contributed by atoms with Gasteiger partial charge in [0.05, 0.1) is 6.26 Å². The zero-order chi connectivity index (χ0) is 12.3. The van der Waals surface area contributed by atoms with Gasteiger partial charge in [0.1, 0.15) is 11.6 Å². The average Bonchev–Trinajstić information content (AvgIpc) is 2.73. The molecular formula is C13H14FNOS. The Labute approximate surface area is 104 Å². The molecule has 0 fully saturated rings. The van der Waals surface area contributed by atoms with Crippen molar-refractivity contribution in [3.8, 4) is 0 Å². The zero-order valence-corrected chi connectivity index (χ0v) is 10.4. The van der Waals surface area contributed by atoms with Gasteiger partial charge in [-0.1, -0.05) is 6.07 Å². The van der Waals surface area contributed by atoms with E-state index in [1.54, 1.807) is 24.1 Å². The molecule has 0 bridgehead atoms. The largest absolute Gasteiger partial charge is 0.468 e. The zero-order valence-electron chi connectivity index (χ0n) is 9.57. The maximum atomic E-state index is 13.0. The van der Waals surface area contributed by atoms with Crippen LogP contribution < -0.4 is 5.73 Å². The van der Waals surface area contributed by atoms with Crippen LogP contribution in [0.1, 0.15) is 16.9 Å². The first kappa shape index (κ1) is 12.2. The Balaban J connectivity index is 2.11. The van der Waals surface area contributed by atoms with Crippen LogP contribution in [0.2, 0.25) is 0 Å². The van der Waals surface area contributed by atoms with E-state index in [-0.39, 0.29) is 5.82 Å². The van der Waals surface area contributed by atoms with E-state index in [1.807, 2.05) is 13.0 Å². The number of nitrogens with two attached hydrogens (primary N) is 1. The normalized spacial score (nSPS) is 10.8. The summed E-state index contributed by atoms with van der Waals surface area (Å²) in [5.41, 5.74) is 7.53. The molecule has 0 spiro atoms. The van der Waals surface area contributed by atoms with E-state index in [4.69, 9.17) is 10.2 Å². The Hall–Kier alpha value is -1.26. The lowest BCUT2D eigenvalue weighted by Gasteiger charge is -2.07. The second-order valence-corrected chi connectivity index (χ2v) is 4.76. The second kappa shape index (κ2) is 5.38. The van der Waals surface area contributed by atoms with Crippen molar-refractivity contribution in [2.45, 2.75) is 24.1 Å². The smallest absolute Gasteiger partial charge is 0.123 e. The first-order valence-corrected chi connectivity index (χ1v) is 6.33. The Bertz CT molecular complexity index is 510. The van der Waals surface area contributed by atoms with Gasteiger partial charge in [0.25, 0.3) is 0 Å². The first-order chi connectivity index (χ1) is 8.20. The molecule has 2 nitrogen and oxygen atoms in total. The predicted molar refractivity (Wildman–Crippen MR) is 67.3 cm³/mol. The first-order valence-electron chi connectivity index (χ1n) is 5.35. The van der Waals surface area contributed by atoms with Gasteiger partial charge >= 0.3 is 0 Å². The average molecular weight is 251 g/mol. The summed E-state index contributed by atoms with van der Waals surface area (Å²) in [6, 6.07) is 6.70. The van der Waals surface area contributed by atoms with E-state index in [1.165, 1.54) is 12.1 Å². The molecule has 0 aliphatic heterocycles. The van der Waals surface area contributed by atoms with Gasteiger partial charge in [-0.2, -0.15) is 0 Å². The molecule has 0 aliphatic carbocycles. The molecule has 4 heteroatoms. The molecular weight excluding hydrogens is 237 g/mol. The minimum Gasteiger partial charge on any atom is -0.468 e. The van der Waals surface area contributed by atoms with Crippen LogP contribution in [0, 0.1) is 12.7 Å². The summed E-state index contributed by atoms with van der Waals surface area (Å²) in [6.45, 7) is 2.29. The third-order valence-electron chi connectivity index (χ3n) is 2.58. The maximum Gasteiger partial charge on any atom is 0.123 e. The van der Waals surface area contributed by atoms with Crippen LogP contribution in [0.4, 0.5) is 4.39 Å². The molecule has 17 heavy (non-hydrogen) atoms. The third kappa shape index (κ3) is 2.90. The highest BCUT2D eigenvalue weighted by Crippen LogP contribution is 2.28. The SMILES string of the molecule is Cc1occc1SCc1ccc(F)cc1CN. The molecule has 90 valence electrons. The van der Waals surface area contributed by atoms with Gasteiger partial charge in [-0.3, -0.25) is 0 Å². The molecule has 0 unspecified atom stereocenters. The molecule has 2 N–H and O–H groups in total. The van der Waals surface area contributed by atoms with Crippen LogP contribution >= 0.6 is 11.8 Å². The third-order valence-corrected chi connectivity index (χ3v) is 3.77. The Morgan fingerprint density at radius 3 is 2.76 bits per heavy atom. The van der Waals surface area contributed by atoms with Gasteiger partial charge < -0.3 is 10.2 Å². The Morgan fingerprint density at radius 1 is 1.29 bits per heavy atom. The molecule has 1 aromatic carbocycles. The molecule has 1 heterocycles. The topological polar surface area (TPSA) is 39.2 Å². The predicted octanol–water partition coefficient (Wildman–Crippen LogP) is 3.48. The van der Waals surface area contributed by atoms with Gasteiger partial charge in [-0.25, -0.2) is 4.39 Å². The molecule has 2 rings (SSSR count). The quantitative estimate of drug-likeness (QED) is 0.846. The monoisotopic (exact) mass is 251 g/mol. The van der Waals surface area contributed by atoms with Crippen molar-refractivity contribution in [1.82, 2.24) is 0 Å². The lowest BCUT2D eigenvalue weighted by molar-refractivity contribution is 0.527. The number of thioether (sulfide) groups is 1. The fourth-order valence-electron chi connectivity index (χ4n) is 1.60. The molecule has 0 atom stereocenters. The van der Waals surface area contributed by atoms with Crippen molar-refractivity contribution in [1.29, 1.82) is 0 Å². The lowest BCUT2D eigenvalue weighted by Crippen LogP contribution is -2.01. The molecule has 0 amide bonds. The van der Waals surface area contributed by atoms with Crippen LogP contribution in [0.5, 0.6) is 0 Å². The molecule has 0 aliphatic rings. The van der Waals surface area contributed by atoms with Crippen molar-refractivity contribution in [3.63, 3.8) is 0 Å². The molecule has 0 radical (unpaired) electrons. The van der Waals surface area contributed by atoms with E-state index in [2.05, 4.69) is 0 Å². The summed E-state index contributed by atoms with van der Waals surface area (Å²) in [4.78, 5) is 1.11. The highest BCUT2D eigenvalue weighted by Gasteiger charge is 2.06. The minimum absolute atomic E-state index is 0.237. The number of hydrogen-bond acceptors (Lipinski definition) is 3. The lowest BCUT2D eigenvalue weighted by atomic mass is 10.1. The van der Waals surface area contributed by atoms with Crippen LogP contribution in [0.15, 0.2) is 39.8 Å². The van der Waals surface area contributed by atoms with Gasteiger partial charge in [-0.15, -0.1) is 11.8 Å². The summed E-state index contributed by atoms with van der Waals surface area (Å²) < 4.78 is 18.3. The summed E-state index contributed by atoms with van der Waals surface area (Å²) in [5, 5.41) is 0. The molecule has 0 saturated heterocycles. The van der Waals surface area contributed by atoms with E-state index >= 15 is 0 Å². The van der Waals surface area contributed by atoms with Crippen molar-refractivity contribution in [3.05, 3.63) is 53.2 Å². The van der Waals surface area contributed by atoms with Gasteiger partial charge in [0.15, 0.2) is 0 Å². The van der Waals surface area contributed by atoms with E-state index in [9.17, 15) is 4.39 Å².